The van der Waals surface area contributed by atoms with Crippen LogP contribution in [0.15, 0.2) is 60.0 Å². The first-order valence-electron chi connectivity index (χ1n) is 12.8. The van der Waals surface area contributed by atoms with Crippen LogP contribution in [0.1, 0.15) is 60.4 Å². The van der Waals surface area contributed by atoms with Gasteiger partial charge in [0.15, 0.2) is 0 Å². The van der Waals surface area contributed by atoms with Crippen molar-refractivity contribution in [3.05, 3.63) is 81.7 Å². The number of hydrogen-bond acceptors (Lipinski definition) is 5. The number of carbonyl (C=O) groups excluding carboxylic acids is 2. The van der Waals surface area contributed by atoms with E-state index in [1.807, 2.05) is 57.3 Å². The number of aliphatic hydroxyl groups is 1. The van der Waals surface area contributed by atoms with Crippen molar-refractivity contribution in [1.29, 1.82) is 0 Å². The van der Waals surface area contributed by atoms with E-state index in [-0.39, 0.29) is 23.0 Å². The minimum Gasteiger partial charge on any atom is -0.478 e. The zero-order valence-electron chi connectivity index (χ0n) is 22.4. The molecule has 1 fully saturated rings. The average molecular weight is 569 g/mol. The molecule has 4 rings (SSSR count). The Morgan fingerprint density at radius 1 is 1.05 bits per heavy atom. The minimum absolute atomic E-state index is 0.00209. The van der Waals surface area contributed by atoms with E-state index >= 15 is 0 Å². The number of halogens is 1. The van der Waals surface area contributed by atoms with E-state index in [0.717, 1.165) is 10.4 Å². The highest BCUT2D eigenvalue weighted by Crippen LogP contribution is 2.46. The molecule has 3 aromatic rings. The number of thiophene rings is 1. The van der Waals surface area contributed by atoms with Gasteiger partial charge in [0.1, 0.15) is 6.04 Å². The van der Waals surface area contributed by atoms with Crippen molar-refractivity contribution in [3.63, 3.8) is 0 Å². The molecule has 1 aliphatic heterocycles. The van der Waals surface area contributed by atoms with Crippen LogP contribution in [0.4, 0.5) is 0 Å². The summed E-state index contributed by atoms with van der Waals surface area (Å²) in [6.45, 7) is 8.17. The number of carboxylic acids is 1. The van der Waals surface area contributed by atoms with Crippen LogP contribution in [-0.4, -0.2) is 52.0 Å². The highest BCUT2D eigenvalue weighted by molar-refractivity contribution is 7.13. The fourth-order valence-electron chi connectivity index (χ4n) is 5.17. The summed E-state index contributed by atoms with van der Waals surface area (Å²) in [6, 6.07) is 14.5. The molecule has 0 bridgehead atoms. The Bertz CT molecular complexity index is 1370. The van der Waals surface area contributed by atoms with Gasteiger partial charge in [-0.3, -0.25) is 9.59 Å². The lowest BCUT2D eigenvalue weighted by Crippen LogP contribution is -2.60. The molecule has 206 valence electrons. The lowest BCUT2D eigenvalue weighted by molar-refractivity contribution is -0.155. The maximum absolute atomic E-state index is 13.7. The van der Waals surface area contributed by atoms with Crippen LogP contribution in [0.5, 0.6) is 0 Å². The van der Waals surface area contributed by atoms with E-state index in [1.54, 1.807) is 23.1 Å². The fraction of sp³-hybridized carbons (Fsp3) is 0.367. The molecule has 0 radical (unpaired) electrons. The summed E-state index contributed by atoms with van der Waals surface area (Å²) < 4.78 is 0. The number of carbonyl (C=O) groups is 3. The van der Waals surface area contributed by atoms with Gasteiger partial charge in [0.2, 0.25) is 5.91 Å². The Kier molecular flexibility index (Phi) is 8.21. The van der Waals surface area contributed by atoms with Crippen molar-refractivity contribution in [2.45, 2.75) is 45.8 Å². The lowest BCUT2D eigenvalue weighted by atomic mass is 9.66. The lowest BCUT2D eigenvalue weighted by Gasteiger charge is -2.51. The SMILES string of the molecule is CC(C)[C@@H](NC(=O)c1cc(C(=O)O)cc(-c2cccs2)c1)C(=O)N1CC[C@](O)(c2ccc(Cl)cc2)C(C)(C)C1. The number of nitrogens with one attached hydrogen (secondary N) is 1. The summed E-state index contributed by atoms with van der Waals surface area (Å²) >= 11 is 7.49. The van der Waals surface area contributed by atoms with Gasteiger partial charge in [0, 0.05) is 34.0 Å². The van der Waals surface area contributed by atoms with Gasteiger partial charge in [-0.1, -0.05) is 57.5 Å². The third-order valence-corrected chi connectivity index (χ3v) is 8.72. The topological polar surface area (TPSA) is 107 Å². The summed E-state index contributed by atoms with van der Waals surface area (Å²) in [5.41, 5.74) is -0.281. The zero-order valence-corrected chi connectivity index (χ0v) is 24.0. The first-order valence-corrected chi connectivity index (χ1v) is 14.1. The first-order chi connectivity index (χ1) is 18.3. The van der Waals surface area contributed by atoms with Gasteiger partial charge in [0.25, 0.3) is 5.91 Å². The molecule has 0 saturated carbocycles. The molecule has 1 aromatic heterocycles. The van der Waals surface area contributed by atoms with E-state index in [9.17, 15) is 24.6 Å². The predicted octanol–water partition coefficient (Wildman–Crippen LogP) is 5.67. The zero-order chi connectivity index (χ0) is 28.5. The molecule has 0 aliphatic carbocycles. The predicted molar refractivity (Wildman–Crippen MR) is 153 cm³/mol. The largest absolute Gasteiger partial charge is 0.478 e. The number of carboxylic acid groups (broad SMARTS) is 1. The maximum Gasteiger partial charge on any atom is 0.335 e. The molecular weight excluding hydrogens is 536 g/mol. The third kappa shape index (κ3) is 5.88. The normalized spacial score (nSPS) is 19.5. The van der Waals surface area contributed by atoms with Crippen molar-refractivity contribution in [2.24, 2.45) is 11.3 Å². The Balaban J connectivity index is 1.55. The van der Waals surface area contributed by atoms with Gasteiger partial charge in [-0.25, -0.2) is 4.79 Å². The maximum atomic E-state index is 13.7. The Morgan fingerprint density at radius 3 is 2.28 bits per heavy atom. The van der Waals surface area contributed by atoms with Crippen LogP contribution in [0.2, 0.25) is 5.02 Å². The number of amides is 2. The summed E-state index contributed by atoms with van der Waals surface area (Å²) in [5, 5.41) is 26.6. The van der Waals surface area contributed by atoms with Crippen molar-refractivity contribution in [1.82, 2.24) is 10.2 Å². The molecule has 7 nitrogen and oxygen atoms in total. The second-order valence-corrected chi connectivity index (χ2v) is 12.4. The van der Waals surface area contributed by atoms with Crippen LogP contribution < -0.4 is 5.32 Å². The fourth-order valence-corrected chi connectivity index (χ4v) is 6.01. The van der Waals surface area contributed by atoms with Gasteiger partial charge in [-0.2, -0.15) is 0 Å². The second kappa shape index (κ2) is 11.1. The first kappa shape index (κ1) is 28.8. The smallest absolute Gasteiger partial charge is 0.335 e. The number of nitrogens with zero attached hydrogens (tertiary/aromatic N) is 1. The molecule has 2 amide bonds. The Hall–Kier alpha value is -3.20. The molecule has 1 saturated heterocycles. The highest BCUT2D eigenvalue weighted by Gasteiger charge is 2.50. The molecule has 1 aliphatic rings. The summed E-state index contributed by atoms with van der Waals surface area (Å²) in [4.78, 5) is 41.4. The van der Waals surface area contributed by atoms with E-state index in [1.165, 1.54) is 23.5 Å². The number of likely N-dealkylation sites (tertiary alicyclic amines) is 1. The van der Waals surface area contributed by atoms with Gasteiger partial charge in [-0.05, 0) is 65.2 Å². The quantitative estimate of drug-likeness (QED) is 0.340. The van der Waals surface area contributed by atoms with Crippen molar-refractivity contribution in [2.75, 3.05) is 13.1 Å². The van der Waals surface area contributed by atoms with E-state index in [0.29, 0.717) is 30.1 Å². The number of aromatic carboxylic acids is 1. The Morgan fingerprint density at radius 2 is 1.72 bits per heavy atom. The Labute approximate surface area is 237 Å². The van der Waals surface area contributed by atoms with Gasteiger partial charge < -0.3 is 20.4 Å². The molecule has 2 aromatic carbocycles. The van der Waals surface area contributed by atoms with Crippen molar-refractivity contribution < 1.29 is 24.6 Å². The van der Waals surface area contributed by atoms with Crippen molar-refractivity contribution in [3.8, 4) is 10.4 Å². The van der Waals surface area contributed by atoms with Crippen LogP contribution >= 0.6 is 22.9 Å². The molecule has 2 heterocycles. The minimum atomic E-state index is -1.15. The monoisotopic (exact) mass is 568 g/mol. The molecule has 2 atom stereocenters. The van der Waals surface area contributed by atoms with Crippen molar-refractivity contribution >= 4 is 40.7 Å². The summed E-state index contributed by atoms with van der Waals surface area (Å²) in [5.74, 6) is -2.11. The molecule has 0 spiro atoms. The highest BCUT2D eigenvalue weighted by atomic mass is 35.5. The van der Waals surface area contributed by atoms with E-state index in [2.05, 4.69) is 5.32 Å². The van der Waals surface area contributed by atoms with Gasteiger partial charge >= 0.3 is 5.97 Å². The number of rotatable bonds is 7. The summed E-state index contributed by atoms with van der Waals surface area (Å²) in [7, 11) is 0. The third-order valence-electron chi connectivity index (χ3n) is 7.55. The number of benzene rings is 2. The van der Waals surface area contributed by atoms with Crippen LogP contribution in [-0.2, 0) is 10.4 Å². The molecule has 0 unspecified atom stereocenters. The number of hydrogen-bond donors (Lipinski definition) is 3. The number of piperidine rings is 1. The van der Waals surface area contributed by atoms with E-state index < -0.39 is 28.9 Å². The van der Waals surface area contributed by atoms with Crippen LogP contribution in [0.3, 0.4) is 0 Å². The molecular formula is C30H33ClN2O5S. The summed E-state index contributed by atoms with van der Waals surface area (Å²) in [6.07, 6.45) is 0.330. The van der Waals surface area contributed by atoms with Gasteiger partial charge in [-0.15, -0.1) is 11.3 Å². The van der Waals surface area contributed by atoms with Crippen LogP contribution in [0.25, 0.3) is 10.4 Å². The molecule has 39 heavy (non-hydrogen) atoms. The van der Waals surface area contributed by atoms with E-state index in [4.69, 9.17) is 11.6 Å². The molecule has 9 heteroatoms. The second-order valence-electron chi connectivity index (χ2n) is 11.0. The van der Waals surface area contributed by atoms with Crippen LogP contribution in [0, 0.1) is 11.3 Å². The average Bonchev–Trinajstić information content (AvgIpc) is 3.43. The van der Waals surface area contributed by atoms with Gasteiger partial charge in [0.05, 0.1) is 11.2 Å². The standard InChI is InChI=1S/C30H33ClN2O5S/c1-18(2)25(32-26(34)20-14-19(24-6-5-13-39-24)15-21(16-20)28(36)37)27(35)33-12-11-30(38,29(3,4)17-33)22-7-9-23(31)10-8-22/h5-10,13-16,18,25,38H,11-12,17H2,1-4H3,(H,32,34)(H,36,37)/t25-,30+/m1/s1. The molecule has 3 N–H and O–H groups in total.